The first-order valence-electron chi connectivity index (χ1n) is 4.60. The van der Waals surface area contributed by atoms with Gasteiger partial charge in [0.25, 0.3) is 0 Å². The molecule has 0 aliphatic carbocycles. The minimum Gasteiger partial charge on any atom is -0.343 e. The van der Waals surface area contributed by atoms with Gasteiger partial charge in [-0.3, -0.25) is 0 Å². The number of aromatic amines is 1. The third-order valence-corrected chi connectivity index (χ3v) is 2.92. The average molecular weight is 299 g/mol. The van der Waals surface area contributed by atoms with Crippen molar-refractivity contribution in [3.63, 3.8) is 0 Å². The second kappa shape index (κ2) is 4.43. The van der Waals surface area contributed by atoms with E-state index >= 15 is 0 Å². The lowest BCUT2D eigenvalue weighted by Crippen LogP contribution is -1.94. The molecule has 0 spiro atoms. The third kappa shape index (κ3) is 2.20. The SMILES string of the molecule is Cc1nc(=S)cc(-c2cccc(Br)c2F)[nH]1. The summed E-state index contributed by atoms with van der Waals surface area (Å²) in [5, 5.41) is 0. The summed E-state index contributed by atoms with van der Waals surface area (Å²) in [6.45, 7) is 1.79. The van der Waals surface area contributed by atoms with Gasteiger partial charge in [0.2, 0.25) is 0 Å². The van der Waals surface area contributed by atoms with Gasteiger partial charge in [-0.2, -0.15) is 0 Å². The summed E-state index contributed by atoms with van der Waals surface area (Å²) in [6.07, 6.45) is 0. The molecule has 16 heavy (non-hydrogen) atoms. The monoisotopic (exact) mass is 298 g/mol. The number of nitrogens with one attached hydrogen (secondary N) is 1. The lowest BCUT2D eigenvalue weighted by Gasteiger charge is -2.05. The van der Waals surface area contributed by atoms with Gasteiger partial charge in [0.1, 0.15) is 16.3 Å². The molecule has 82 valence electrons. The predicted molar refractivity (Wildman–Crippen MR) is 67.3 cm³/mol. The summed E-state index contributed by atoms with van der Waals surface area (Å²) in [5.74, 6) is 0.362. The van der Waals surface area contributed by atoms with Crippen molar-refractivity contribution in [2.24, 2.45) is 0 Å². The van der Waals surface area contributed by atoms with Gasteiger partial charge in [-0.25, -0.2) is 9.37 Å². The van der Waals surface area contributed by atoms with Crippen LogP contribution < -0.4 is 0 Å². The topological polar surface area (TPSA) is 28.7 Å². The minimum absolute atomic E-state index is 0.307. The van der Waals surface area contributed by atoms with Crippen LogP contribution in [0.25, 0.3) is 11.3 Å². The summed E-state index contributed by atoms with van der Waals surface area (Å²) in [7, 11) is 0. The van der Waals surface area contributed by atoms with Gasteiger partial charge >= 0.3 is 0 Å². The number of hydrogen-bond acceptors (Lipinski definition) is 2. The van der Waals surface area contributed by atoms with Gasteiger partial charge in [0.15, 0.2) is 0 Å². The van der Waals surface area contributed by atoms with E-state index in [9.17, 15) is 4.39 Å². The van der Waals surface area contributed by atoms with E-state index in [1.807, 2.05) is 0 Å². The normalized spacial score (nSPS) is 10.4. The van der Waals surface area contributed by atoms with E-state index in [0.717, 1.165) is 0 Å². The molecule has 1 aromatic carbocycles. The van der Waals surface area contributed by atoms with Crippen molar-refractivity contribution >= 4 is 28.1 Å². The Balaban J connectivity index is 2.67. The summed E-state index contributed by atoms with van der Waals surface area (Å²) >= 11 is 8.15. The summed E-state index contributed by atoms with van der Waals surface area (Å²) in [6, 6.07) is 6.77. The van der Waals surface area contributed by atoms with Crippen molar-refractivity contribution in [3.8, 4) is 11.3 Å². The Bertz CT molecular complexity index is 595. The van der Waals surface area contributed by atoms with E-state index in [1.54, 1.807) is 31.2 Å². The van der Waals surface area contributed by atoms with Crippen molar-refractivity contribution in [2.75, 3.05) is 0 Å². The van der Waals surface area contributed by atoms with E-state index in [0.29, 0.717) is 26.2 Å². The van der Waals surface area contributed by atoms with Crippen LogP contribution in [-0.4, -0.2) is 9.97 Å². The molecule has 5 heteroatoms. The maximum absolute atomic E-state index is 13.8. The molecule has 2 rings (SSSR count). The molecule has 0 saturated heterocycles. The lowest BCUT2D eigenvalue weighted by molar-refractivity contribution is 0.624. The quantitative estimate of drug-likeness (QED) is 0.806. The molecule has 0 aliphatic heterocycles. The molecule has 1 heterocycles. The van der Waals surface area contributed by atoms with Crippen molar-refractivity contribution < 1.29 is 4.39 Å². The number of rotatable bonds is 1. The fraction of sp³-hybridized carbons (Fsp3) is 0.0909. The maximum atomic E-state index is 13.8. The molecule has 1 N–H and O–H groups in total. The van der Waals surface area contributed by atoms with Gasteiger partial charge in [-0.05, 0) is 41.1 Å². The molecule has 0 aliphatic rings. The molecular weight excluding hydrogens is 291 g/mol. The second-order valence-electron chi connectivity index (χ2n) is 3.32. The van der Waals surface area contributed by atoms with Crippen LogP contribution in [0, 0.1) is 17.4 Å². The highest BCUT2D eigenvalue weighted by molar-refractivity contribution is 9.10. The number of H-pyrrole nitrogens is 1. The van der Waals surface area contributed by atoms with Crippen molar-refractivity contribution in [2.45, 2.75) is 6.92 Å². The zero-order valence-electron chi connectivity index (χ0n) is 8.42. The summed E-state index contributed by atoms with van der Waals surface area (Å²) < 4.78 is 14.7. The molecule has 0 radical (unpaired) electrons. The molecule has 1 aromatic heterocycles. The molecule has 2 aromatic rings. The van der Waals surface area contributed by atoms with E-state index in [4.69, 9.17) is 12.2 Å². The first kappa shape index (κ1) is 11.4. The molecule has 0 amide bonds. The van der Waals surface area contributed by atoms with E-state index in [1.165, 1.54) is 0 Å². The highest BCUT2D eigenvalue weighted by Gasteiger charge is 2.08. The van der Waals surface area contributed by atoms with Crippen molar-refractivity contribution in [1.82, 2.24) is 9.97 Å². The van der Waals surface area contributed by atoms with Gasteiger partial charge in [-0.15, -0.1) is 0 Å². The standard InChI is InChI=1S/C11H8BrFN2S/c1-6-14-9(5-10(16)15-6)7-3-2-4-8(12)11(7)13/h2-5H,1H3,(H,14,15,16). The van der Waals surface area contributed by atoms with Gasteiger partial charge in [0, 0.05) is 5.56 Å². The number of benzene rings is 1. The summed E-state index contributed by atoms with van der Waals surface area (Å²) in [4.78, 5) is 7.03. The Labute approximate surface area is 106 Å². The Morgan fingerprint density at radius 2 is 2.19 bits per heavy atom. The van der Waals surface area contributed by atoms with Crippen LogP contribution >= 0.6 is 28.1 Å². The molecule has 0 bridgehead atoms. The van der Waals surface area contributed by atoms with E-state index in [2.05, 4.69) is 25.9 Å². The fourth-order valence-electron chi connectivity index (χ4n) is 1.44. The first-order chi connectivity index (χ1) is 7.58. The molecular formula is C11H8BrFN2S. The smallest absolute Gasteiger partial charge is 0.146 e. The second-order valence-corrected chi connectivity index (χ2v) is 4.59. The maximum Gasteiger partial charge on any atom is 0.146 e. The summed E-state index contributed by atoms with van der Waals surface area (Å²) in [5.41, 5.74) is 1.11. The fourth-order valence-corrected chi connectivity index (χ4v) is 2.06. The first-order valence-corrected chi connectivity index (χ1v) is 5.80. The number of aryl methyl sites for hydroxylation is 1. The molecule has 0 saturated carbocycles. The molecule has 0 unspecified atom stereocenters. The van der Waals surface area contributed by atoms with Crippen LogP contribution in [0.4, 0.5) is 4.39 Å². The zero-order chi connectivity index (χ0) is 11.7. The van der Waals surface area contributed by atoms with Crippen molar-refractivity contribution in [3.05, 3.63) is 45.0 Å². The van der Waals surface area contributed by atoms with Crippen LogP contribution in [-0.2, 0) is 0 Å². The molecule has 0 fully saturated rings. The number of aromatic nitrogens is 2. The number of nitrogens with zero attached hydrogens (tertiary/aromatic N) is 1. The third-order valence-electron chi connectivity index (χ3n) is 2.10. The largest absolute Gasteiger partial charge is 0.343 e. The van der Waals surface area contributed by atoms with E-state index < -0.39 is 0 Å². The highest BCUT2D eigenvalue weighted by atomic mass is 79.9. The number of hydrogen-bond donors (Lipinski definition) is 1. The van der Waals surface area contributed by atoms with Crippen LogP contribution in [0.2, 0.25) is 0 Å². The van der Waals surface area contributed by atoms with Gasteiger partial charge < -0.3 is 4.98 Å². The van der Waals surface area contributed by atoms with Crippen LogP contribution in [0.5, 0.6) is 0 Å². The minimum atomic E-state index is -0.307. The molecule has 0 atom stereocenters. The Hall–Kier alpha value is -1.07. The highest BCUT2D eigenvalue weighted by Crippen LogP contribution is 2.26. The van der Waals surface area contributed by atoms with Crippen LogP contribution in [0.15, 0.2) is 28.7 Å². The average Bonchev–Trinajstić information content (AvgIpc) is 2.20. The Morgan fingerprint density at radius 3 is 2.88 bits per heavy atom. The number of halogens is 2. The zero-order valence-corrected chi connectivity index (χ0v) is 10.8. The molecule has 2 nitrogen and oxygen atoms in total. The van der Waals surface area contributed by atoms with E-state index in [-0.39, 0.29) is 5.82 Å². The van der Waals surface area contributed by atoms with Gasteiger partial charge in [-0.1, -0.05) is 18.3 Å². The van der Waals surface area contributed by atoms with Crippen molar-refractivity contribution in [1.29, 1.82) is 0 Å². The van der Waals surface area contributed by atoms with Crippen LogP contribution in [0.3, 0.4) is 0 Å². The van der Waals surface area contributed by atoms with Gasteiger partial charge in [0.05, 0.1) is 10.2 Å². The lowest BCUT2D eigenvalue weighted by atomic mass is 10.1. The Morgan fingerprint density at radius 1 is 1.44 bits per heavy atom. The predicted octanol–water partition coefficient (Wildman–Crippen LogP) is 4.02. The van der Waals surface area contributed by atoms with Crippen LogP contribution in [0.1, 0.15) is 5.82 Å². The Kier molecular flexibility index (Phi) is 3.16.